The molecule has 6 heteroatoms. The summed E-state index contributed by atoms with van der Waals surface area (Å²) in [6, 6.07) is 18.4. The molecule has 0 unspecified atom stereocenters. The van der Waals surface area contributed by atoms with Gasteiger partial charge in [0.25, 0.3) is 5.91 Å². The van der Waals surface area contributed by atoms with Gasteiger partial charge in [0.05, 0.1) is 6.54 Å². The van der Waals surface area contributed by atoms with E-state index in [9.17, 15) is 9.59 Å². The Morgan fingerprint density at radius 3 is 2.59 bits per heavy atom. The van der Waals surface area contributed by atoms with Crippen LogP contribution in [0.4, 0.5) is 0 Å². The standard InChI is InChI=1S/C21H17N3O2S/c25-19-12-18(23-17-9-5-4-8-16(17)19)21(26)24(14-20-22-10-11-27-20)13-15-6-2-1-3-7-15/h1-12H,13-14H2,(H,23,25). The lowest BCUT2D eigenvalue weighted by molar-refractivity contribution is 0.0724. The lowest BCUT2D eigenvalue weighted by Gasteiger charge is -2.22. The highest BCUT2D eigenvalue weighted by Gasteiger charge is 2.19. The Bertz CT molecular complexity index is 1120. The van der Waals surface area contributed by atoms with Gasteiger partial charge in [0.1, 0.15) is 10.7 Å². The number of aromatic nitrogens is 2. The summed E-state index contributed by atoms with van der Waals surface area (Å²) >= 11 is 1.50. The number of fused-ring (bicyclic) bond motifs is 1. The van der Waals surface area contributed by atoms with E-state index in [1.54, 1.807) is 23.2 Å². The highest BCUT2D eigenvalue weighted by Crippen LogP contribution is 2.16. The number of rotatable bonds is 5. The molecule has 4 rings (SSSR count). The second-order valence-corrected chi connectivity index (χ2v) is 7.14. The molecule has 0 fully saturated rings. The van der Waals surface area contributed by atoms with Crippen molar-refractivity contribution in [1.29, 1.82) is 0 Å². The lowest BCUT2D eigenvalue weighted by Crippen LogP contribution is -2.31. The van der Waals surface area contributed by atoms with Gasteiger partial charge in [-0.15, -0.1) is 11.3 Å². The lowest BCUT2D eigenvalue weighted by atomic mass is 10.1. The molecule has 1 N–H and O–H groups in total. The summed E-state index contributed by atoms with van der Waals surface area (Å²) in [5, 5.41) is 3.31. The Morgan fingerprint density at radius 1 is 1.04 bits per heavy atom. The van der Waals surface area contributed by atoms with Crippen LogP contribution in [0, 0.1) is 0 Å². The molecule has 4 aromatic rings. The molecule has 0 saturated carbocycles. The number of nitrogens with one attached hydrogen (secondary N) is 1. The van der Waals surface area contributed by atoms with Crippen molar-refractivity contribution in [1.82, 2.24) is 14.9 Å². The molecule has 134 valence electrons. The highest BCUT2D eigenvalue weighted by molar-refractivity contribution is 7.09. The van der Waals surface area contributed by atoms with E-state index in [-0.39, 0.29) is 17.0 Å². The number of hydrogen-bond acceptors (Lipinski definition) is 4. The quantitative estimate of drug-likeness (QED) is 0.577. The van der Waals surface area contributed by atoms with Gasteiger partial charge in [-0.2, -0.15) is 0 Å². The molecule has 2 aromatic carbocycles. The minimum absolute atomic E-state index is 0.165. The largest absolute Gasteiger partial charge is 0.350 e. The van der Waals surface area contributed by atoms with Gasteiger partial charge in [0, 0.05) is 35.1 Å². The van der Waals surface area contributed by atoms with Crippen molar-refractivity contribution in [3.05, 3.63) is 98.7 Å². The summed E-state index contributed by atoms with van der Waals surface area (Å²) in [7, 11) is 0. The third kappa shape index (κ3) is 3.80. The fourth-order valence-corrected chi connectivity index (χ4v) is 3.61. The van der Waals surface area contributed by atoms with Crippen molar-refractivity contribution in [3.63, 3.8) is 0 Å². The third-order valence-electron chi connectivity index (χ3n) is 4.28. The first kappa shape index (κ1) is 17.2. The van der Waals surface area contributed by atoms with E-state index >= 15 is 0 Å². The van der Waals surface area contributed by atoms with E-state index in [0.29, 0.717) is 24.0 Å². The van der Waals surface area contributed by atoms with E-state index < -0.39 is 0 Å². The molecule has 2 aromatic heterocycles. The van der Waals surface area contributed by atoms with E-state index in [4.69, 9.17) is 0 Å². The number of pyridine rings is 1. The molecule has 1 amide bonds. The Hall–Kier alpha value is -3.25. The molecular formula is C21H17N3O2S. The van der Waals surface area contributed by atoms with Crippen LogP contribution in [0.5, 0.6) is 0 Å². The van der Waals surface area contributed by atoms with Gasteiger partial charge in [-0.1, -0.05) is 42.5 Å². The number of nitrogens with zero attached hydrogens (tertiary/aromatic N) is 2. The van der Waals surface area contributed by atoms with Crippen LogP contribution in [0.1, 0.15) is 21.1 Å². The van der Waals surface area contributed by atoms with E-state index in [1.165, 1.54) is 17.4 Å². The summed E-state index contributed by atoms with van der Waals surface area (Å²) in [5.74, 6) is -0.225. The van der Waals surface area contributed by atoms with Crippen LogP contribution >= 0.6 is 11.3 Å². The highest BCUT2D eigenvalue weighted by atomic mass is 32.1. The fourth-order valence-electron chi connectivity index (χ4n) is 2.98. The molecule has 0 aliphatic heterocycles. The summed E-state index contributed by atoms with van der Waals surface area (Å²) in [4.78, 5) is 34.7. The maximum atomic E-state index is 13.2. The van der Waals surface area contributed by atoms with Crippen molar-refractivity contribution >= 4 is 28.1 Å². The first-order valence-electron chi connectivity index (χ1n) is 8.54. The number of carbonyl (C=O) groups excluding carboxylic acids is 1. The average Bonchev–Trinajstić information content (AvgIpc) is 3.21. The molecular weight excluding hydrogens is 358 g/mol. The van der Waals surface area contributed by atoms with Crippen LogP contribution in [0.15, 0.2) is 77.0 Å². The second-order valence-electron chi connectivity index (χ2n) is 6.17. The van der Waals surface area contributed by atoms with Crippen LogP contribution in [-0.2, 0) is 13.1 Å². The van der Waals surface area contributed by atoms with Crippen molar-refractivity contribution in [3.8, 4) is 0 Å². The number of H-pyrrole nitrogens is 1. The number of aromatic amines is 1. The predicted octanol–water partition coefficient (Wildman–Crippen LogP) is 3.83. The average molecular weight is 375 g/mol. The normalized spacial score (nSPS) is 10.8. The van der Waals surface area contributed by atoms with Crippen LogP contribution in [0.3, 0.4) is 0 Å². The van der Waals surface area contributed by atoms with Crippen LogP contribution < -0.4 is 5.43 Å². The number of hydrogen-bond donors (Lipinski definition) is 1. The molecule has 0 radical (unpaired) electrons. The summed E-state index contributed by atoms with van der Waals surface area (Å²) in [6.07, 6.45) is 1.73. The molecule has 0 aliphatic carbocycles. The topological polar surface area (TPSA) is 66.1 Å². The van der Waals surface area contributed by atoms with E-state index in [2.05, 4.69) is 9.97 Å². The summed E-state index contributed by atoms with van der Waals surface area (Å²) < 4.78 is 0. The Labute approximate surface area is 159 Å². The molecule has 0 spiro atoms. The molecule has 0 saturated heterocycles. The first-order valence-corrected chi connectivity index (χ1v) is 9.42. The predicted molar refractivity (Wildman–Crippen MR) is 107 cm³/mol. The monoisotopic (exact) mass is 375 g/mol. The maximum absolute atomic E-state index is 13.2. The second kappa shape index (κ2) is 7.55. The van der Waals surface area contributed by atoms with Crippen molar-refractivity contribution < 1.29 is 4.79 Å². The molecule has 0 atom stereocenters. The van der Waals surface area contributed by atoms with Crippen LogP contribution in [-0.4, -0.2) is 20.8 Å². The van der Waals surface area contributed by atoms with Gasteiger partial charge in [0.15, 0.2) is 5.43 Å². The summed E-state index contributed by atoms with van der Waals surface area (Å²) in [6.45, 7) is 0.828. The SMILES string of the molecule is O=C(c1cc(=O)c2ccccc2[nH]1)N(Cc1ccccc1)Cc1nccs1. The van der Waals surface area contributed by atoms with Gasteiger partial charge in [-0.05, 0) is 17.7 Å². The smallest absolute Gasteiger partial charge is 0.271 e. The third-order valence-corrected chi connectivity index (χ3v) is 5.05. The number of amides is 1. The van der Waals surface area contributed by atoms with Crippen molar-refractivity contribution in [2.45, 2.75) is 13.1 Å². The molecule has 0 aliphatic rings. The van der Waals surface area contributed by atoms with E-state index in [0.717, 1.165) is 10.6 Å². The molecule has 0 bridgehead atoms. The zero-order chi connectivity index (χ0) is 18.6. The van der Waals surface area contributed by atoms with Crippen molar-refractivity contribution in [2.75, 3.05) is 0 Å². The number of carbonyl (C=O) groups is 1. The van der Waals surface area contributed by atoms with Gasteiger partial charge < -0.3 is 9.88 Å². The number of thiazole rings is 1. The zero-order valence-electron chi connectivity index (χ0n) is 14.5. The van der Waals surface area contributed by atoms with Gasteiger partial charge >= 0.3 is 0 Å². The zero-order valence-corrected chi connectivity index (χ0v) is 15.3. The Morgan fingerprint density at radius 2 is 1.81 bits per heavy atom. The van der Waals surface area contributed by atoms with Gasteiger partial charge in [0.2, 0.25) is 0 Å². The minimum atomic E-state index is -0.225. The fraction of sp³-hybridized carbons (Fsp3) is 0.0952. The van der Waals surface area contributed by atoms with E-state index in [1.807, 2.05) is 47.8 Å². The van der Waals surface area contributed by atoms with Gasteiger partial charge in [-0.25, -0.2) is 4.98 Å². The number of benzene rings is 2. The minimum Gasteiger partial charge on any atom is -0.350 e. The van der Waals surface area contributed by atoms with Crippen molar-refractivity contribution in [2.24, 2.45) is 0 Å². The molecule has 2 heterocycles. The van der Waals surface area contributed by atoms with Crippen LogP contribution in [0.25, 0.3) is 10.9 Å². The number of para-hydroxylation sites is 1. The Balaban J connectivity index is 1.70. The molecule has 5 nitrogen and oxygen atoms in total. The summed E-state index contributed by atoms with van der Waals surface area (Å²) in [5.41, 5.74) is 1.79. The van der Waals surface area contributed by atoms with Crippen LogP contribution in [0.2, 0.25) is 0 Å². The van der Waals surface area contributed by atoms with Gasteiger partial charge in [-0.3, -0.25) is 9.59 Å². The first-order chi connectivity index (χ1) is 13.2. The molecule has 27 heavy (non-hydrogen) atoms. The Kier molecular flexibility index (Phi) is 4.80. The maximum Gasteiger partial charge on any atom is 0.271 e.